The Hall–Kier alpha value is -4.11. The molecule has 1 saturated heterocycles. The predicted octanol–water partition coefficient (Wildman–Crippen LogP) is 4.20. The highest BCUT2D eigenvalue weighted by Crippen LogP contribution is 2.31. The van der Waals surface area contributed by atoms with E-state index in [-0.39, 0.29) is 12.5 Å². The molecule has 1 aliphatic rings. The molecule has 0 radical (unpaired) electrons. The molecule has 0 spiro atoms. The number of hydrogen-bond donors (Lipinski definition) is 1. The average Bonchev–Trinajstić information content (AvgIpc) is 3.03. The molecule has 3 amide bonds. The molecule has 1 atom stereocenters. The van der Waals surface area contributed by atoms with Crippen molar-refractivity contribution in [3.63, 3.8) is 0 Å². The summed E-state index contributed by atoms with van der Waals surface area (Å²) in [6, 6.07) is 23.8. The van der Waals surface area contributed by atoms with Crippen LogP contribution in [0, 0.1) is 11.3 Å². The Labute approximate surface area is 180 Å². The number of imide groups is 1. The van der Waals surface area contributed by atoms with Crippen LogP contribution in [0.25, 0.3) is 11.1 Å². The number of nitriles is 1. The highest BCUT2D eigenvalue weighted by Gasteiger charge is 2.48. The summed E-state index contributed by atoms with van der Waals surface area (Å²) in [6.07, 6.45) is 0. The van der Waals surface area contributed by atoms with E-state index in [9.17, 15) is 14.9 Å². The minimum absolute atomic E-state index is 0.163. The molecule has 0 saturated carbocycles. The summed E-state index contributed by atoms with van der Waals surface area (Å²) in [5, 5.41) is 12.1. The van der Waals surface area contributed by atoms with Crippen LogP contribution >= 0.6 is 0 Å². The van der Waals surface area contributed by atoms with Crippen LogP contribution in [-0.4, -0.2) is 23.9 Å². The lowest BCUT2D eigenvalue weighted by Gasteiger charge is -2.22. The Kier molecular flexibility index (Phi) is 5.18. The van der Waals surface area contributed by atoms with Crippen molar-refractivity contribution < 1.29 is 14.3 Å². The summed E-state index contributed by atoms with van der Waals surface area (Å²) < 4.78 is 5.17. The monoisotopic (exact) mass is 411 g/mol. The standard InChI is InChI=1S/C25H21N3O3/c1-25(20-11-13-21(31-2)14-12-20)23(29)28(24(30)27-25)16-17-7-9-18(10-8-17)22-6-4-3-5-19(22)15-26/h3-14H,16H2,1-2H3,(H,27,30)/t25-/m0/s1. The molecule has 154 valence electrons. The van der Waals surface area contributed by atoms with E-state index in [0.717, 1.165) is 16.7 Å². The molecule has 31 heavy (non-hydrogen) atoms. The zero-order valence-electron chi connectivity index (χ0n) is 17.3. The maximum atomic E-state index is 13.1. The third kappa shape index (κ3) is 3.62. The van der Waals surface area contributed by atoms with Gasteiger partial charge in [-0.25, -0.2) is 4.79 Å². The third-order valence-electron chi connectivity index (χ3n) is 5.60. The predicted molar refractivity (Wildman–Crippen MR) is 116 cm³/mol. The number of hydrogen-bond acceptors (Lipinski definition) is 4. The van der Waals surface area contributed by atoms with Gasteiger partial charge in [0, 0.05) is 0 Å². The van der Waals surface area contributed by atoms with Crippen molar-refractivity contribution in [1.29, 1.82) is 5.26 Å². The molecular weight excluding hydrogens is 390 g/mol. The van der Waals surface area contributed by atoms with Crippen molar-refractivity contribution in [2.45, 2.75) is 19.0 Å². The van der Waals surface area contributed by atoms with Crippen LogP contribution in [-0.2, 0) is 16.9 Å². The van der Waals surface area contributed by atoms with Crippen molar-refractivity contribution in [2.75, 3.05) is 7.11 Å². The highest BCUT2D eigenvalue weighted by atomic mass is 16.5. The van der Waals surface area contributed by atoms with Crippen LogP contribution in [0.4, 0.5) is 4.79 Å². The number of carbonyl (C=O) groups is 2. The van der Waals surface area contributed by atoms with E-state index in [1.807, 2.05) is 42.5 Å². The lowest BCUT2D eigenvalue weighted by Crippen LogP contribution is -2.40. The molecule has 0 aliphatic carbocycles. The van der Waals surface area contributed by atoms with E-state index < -0.39 is 11.6 Å². The first kappa shape index (κ1) is 20.2. The highest BCUT2D eigenvalue weighted by molar-refractivity contribution is 6.07. The summed E-state index contributed by atoms with van der Waals surface area (Å²) in [4.78, 5) is 27.0. The minimum Gasteiger partial charge on any atom is -0.497 e. The van der Waals surface area contributed by atoms with Crippen LogP contribution in [0.3, 0.4) is 0 Å². The van der Waals surface area contributed by atoms with E-state index >= 15 is 0 Å². The second-order valence-corrected chi connectivity index (χ2v) is 7.53. The molecule has 1 heterocycles. The van der Waals surface area contributed by atoms with Crippen molar-refractivity contribution in [2.24, 2.45) is 0 Å². The first-order valence-electron chi connectivity index (χ1n) is 9.83. The molecule has 1 N–H and O–H groups in total. The molecule has 0 bridgehead atoms. The lowest BCUT2D eigenvalue weighted by molar-refractivity contribution is -0.131. The number of methoxy groups -OCH3 is 1. The van der Waals surface area contributed by atoms with E-state index in [4.69, 9.17) is 4.74 Å². The number of nitrogens with one attached hydrogen (secondary N) is 1. The van der Waals surface area contributed by atoms with E-state index in [1.54, 1.807) is 44.4 Å². The molecule has 3 aromatic rings. The molecular formula is C25H21N3O3. The Morgan fingerprint density at radius 2 is 1.68 bits per heavy atom. The number of amides is 3. The molecule has 1 fully saturated rings. The zero-order chi connectivity index (χ0) is 22.0. The van der Waals surface area contributed by atoms with E-state index in [0.29, 0.717) is 16.9 Å². The van der Waals surface area contributed by atoms with Gasteiger partial charge >= 0.3 is 6.03 Å². The van der Waals surface area contributed by atoms with Crippen molar-refractivity contribution >= 4 is 11.9 Å². The van der Waals surface area contributed by atoms with Crippen molar-refractivity contribution in [3.8, 4) is 22.9 Å². The smallest absolute Gasteiger partial charge is 0.325 e. The number of nitrogens with zero attached hydrogens (tertiary/aromatic N) is 2. The van der Waals surface area contributed by atoms with Gasteiger partial charge in [-0.1, -0.05) is 54.6 Å². The molecule has 3 aromatic carbocycles. The first-order valence-corrected chi connectivity index (χ1v) is 9.83. The molecule has 6 nitrogen and oxygen atoms in total. The minimum atomic E-state index is -1.13. The fraction of sp³-hybridized carbons (Fsp3) is 0.160. The van der Waals surface area contributed by atoms with Crippen LogP contribution < -0.4 is 10.1 Å². The number of benzene rings is 3. The second-order valence-electron chi connectivity index (χ2n) is 7.53. The number of carbonyl (C=O) groups excluding carboxylic acids is 2. The third-order valence-corrected chi connectivity index (χ3v) is 5.60. The zero-order valence-corrected chi connectivity index (χ0v) is 17.3. The van der Waals surface area contributed by atoms with Gasteiger partial charge in [0.2, 0.25) is 0 Å². The van der Waals surface area contributed by atoms with Crippen LogP contribution in [0.5, 0.6) is 5.75 Å². The topological polar surface area (TPSA) is 82.4 Å². The number of ether oxygens (including phenoxy) is 1. The molecule has 0 unspecified atom stereocenters. The van der Waals surface area contributed by atoms with Gasteiger partial charge in [-0.15, -0.1) is 0 Å². The van der Waals surface area contributed by atoms with Gasteiger partial charge in [-0.3, -0.25) is 9.69 Å². The maximum absolute atomic E-state index is 13.1. The Balaban J connectivity index is 1.55. The quantitative estimate of drug-likeness (QED) is 0.638. The summed E-state index contributed by atoms with van der Waals surface area (Å²) in [5.74, 6) is 0.376. The summed E-state index contributed by atoms with van der Waals surface area (Å²) in [7, 11) is 1.57. The first-order chi connectivity index (χ1) is 15.0. The van der Waals surface area contributed by atoms with Crippen LogP contribution in [0.15, 0.2) is 72.8 Å². The van der Waals surface area contributed by atoms with Crippen molar-refractivity contribution in [1.82, 2.24) is 10.2 Å². The van der Waals surface area contributed by atoms with E-state index in [1.165, 1.54) is 4.90 Å². The van der Waals surface area contributed by atoms with Gasteiger partial charge in [0.15, 0.2) is 0 Å². The van der Waals surface area contributed by atoms with Crippen LogP contribution in [0.1, 0.15) is 23.6 Å². The largest absolute Gasteiger partial charge is 0.497 e. The Bertz CT molecular complexity index is 1180. The Morgan fingerprint density at radius 1 is 1.00 bits per heavy atom. The van der Waals surface area contributed by atoms with Crippen LogP contribution in [0.2, 0.25) is 0 Å². The SMILES string of the molecule is COc1ccc([C@]2(C)NC(=O)N(Cc3ccc(-c4ccccc4C#N)cc3)C2=O)cc1. The van der Waals surface area contributed by atoms with Gasteiger partial charge in [-0.05, 0) is 47.4 Å². The van der Waals surface area contributed by atoms with Gasteiger partial charge in [0.25, 0.3) is 5.91 Å². The van der Waals surface area contributed by atoms with Gasteiger partial charge in [0.05, 0.1) is 25.3 Å². The number of rotatable bonds is 5. The fourth-order valence-corrected chi connectivity index (χ4v) is 3.77. The van der Waals surface area contributed by atoms with Gasteiger partial charge < -0.3 is 10.1 Å². The normalized spacial score (nSPS) is 17.9. The molecule has 6 heteroatoms. The van der Waals surface area contributed by atoms with Crippen molar-refractivity contribution in [3.05, 3.63) is 89.5 Å². The second kappa shape index (κ2) is 7.96. The number of urea groups is 1. The fourth-order valence-electron chi connectivity index (χ4n) is 3.77. The molecule has 4 rings (SSSR count). The van der Waals surface area contributed by atoms with E-state index in [2.05, 4.69) is 11.4 Å². The van der Waals surface area contributed by atoms with Gasteiger partial charge in [0.1, 0.15) is 11.3 Å². The molecule has 0 aromatic heterocycles. The Morgan fingerprint density at radius 3 is 2.32 bits per heavy atom. The van der Waals surface area contributed by atoms with Gasteiger partial charge in [-0.2, -0.15) is 5.26 Å². The summed E-state index contributed by atoms with van der Waals surface area (Å²) in [6.45, 7) is 1.87. The summed E-state index contributed by atoms with van der Waals surface area (Å²) >= 11 is 0. The average molecular weight is 411 g/mol. The lowest BCUT2D eigenvalue weighted by atomic mass is 9.92. The molecule has 1 aliphatic heterocycles. The summed E-state index contributed by atoms with van der Waals surface area (Å²) in [5.41, 5.74) is 2.73. The maximum Gasteiger partial charge on any atom is 0.325 e.